The van der Waals surface area contributed by atoms with Gasteiger partial charge in [-0.05, 0) is 25.3 Å². The van der Waals surface area contributed by atoms with E-state index in [9.17, 15) is 4.79 Å². The van der Waals surface area contributed by atoms with Crippen LogP contribution in [0.1, 0.15) is 21.9 Å². The van der Waals surface area contributed by atoms with Crippen LogP contribution in [0.25, 0.3) is 0 Å². The fourth-order valence-corrected chi connectivity index (χ4v) is 3.84. The average Bonchev–Trinajstić information content (AvgIpc) is 3.11. The van der Waals surface area contributed by atoms with Gasteiger partial charge in [-0.1, -0.05) is 17.3 Å². The van der Waals surface area contributed by atoms with Gasteiger partial charge >= 0.3 is 0 Å². The molecule has 0 fully saturated rings. The highest BCUT2D eigenvalue weighted by molar-refractivity contribution is 7.99. The molecule has 0 saturated heterocycles. The van der Waals surface area contributed by atoms with E-state index < -0.39 is 0 Å². The minimum atomic E-state index is 0.130. The second-order valence-electron chi connectivity index (χ2n) is 4.94. The minimum absolute atomic E-state index is 0.130. The van der Waals surface area contributed by atoms with Gasteiger partial charge in [-0.3, -0.25) is 4.79 Å². The predicted molar refractivity (Wildman–Crippen MR) is 92.1 cm³/mol. The van der Waals surface area contributed by atoms with Gasteiger partial charge < -0.3 is 9.42 Å². The number of aryl methyl sites for hydroxylation is 2. The Morgan fingerprint density at radius 1 is 1.55 bits per heavy atom. The molecule has 0 atom stereocenters. The Morgan fingerprint density at radius 3 is 2.95 bits per heavy atom. The number of nitrogens with zero attached hydrogens (tertiary/aromatic N) is 2. The molecule has 2 heterocycles. The molecule has 0 aromatic carbocycles. The average molecular weight is 336 g/mol. The largest absolute Gasteiger partial charge is 0.361 e. The summed E-state index contributed by atoms with van der Waals surface area (Å²) in [5.74, 6) is 2.15. The number of aromatic nitrogens is 1. The van der Waals surface area contributed by atoms with Crippen molar-refractivity contribution in [2.75, 3.05) is 12.3 Å². The second kappa shape index (κ2) is 8.19. The summed E-state index contributed by atoms with van der Waals surface area (Å²) in [6.45, 7) is 8.78. The lowest BCUT2D eigenvalue weighted by molar-refractivity contribution is -0.128. The number of carbonyl (C=O) groups excluding carboxylic acids is 1. The monoisotopic (exact) mass is 336 g/mol. The first-order chi connectivity index (χ1) is 10.6. The molecule has 2 aromatic heterocycles. The Kier molecular flexibility index (Phi) is 6.27. The van der Waals surface area contributed by atoms with E-state index in [0.29, 0.717) is 18.8 Å². The van der Waals surface area contributed by atoms with Crippen molar-refractivity contribution < 1.29 is 9.32 Å². The number of thiophene rings is 1. The Bertz CT molecular complexity index is 601. The van der Waals surface area contributed by atoms with Gasteiger partial charge in [0.25, 0.3) is 0 Å². The van der Waals surface area contributed by atoms with Crippen LogP contribution in [-0.4, -0.2) is 28.3 Å². The first-order valence-electron chi connectivity index (χ1n) is 7.02. The Morgan fingerprint density at radius 2 is 2.36 bits per heavy atom. The normalized spacial score (nSPS) is 10.6. The van der Waals surface area contributed by atoms with Gasteiger partial charge in [0.05, 0.1) is 18.0 Å². The van der Waals surface area contributed by atoms with Gasteiger partial charge in [0, 0.05) is 22.7 Å². The van der Waals surface area contributed by atoms with E-state index in [4.69, 9.17) is 4.52 Å². The molecule has 22 heavy (non-hydrogen) atoms. The molecule has 0 aliphatic carbocycles. The molecule has 0 spiro atoms. The Hall–Kier alpha value is -1.53. The van der Waals surface area contributed by atoms with Crippen molar-refractivity contribution in [3.63, 3.8) is 0 Å². The van der Waals surface area contributed by atoms with Gasteiger partial charge in [0.1, 0.15) is 5.76 Å². The Labute approximate surface area is 139 Å². The van der Waals surface area contributed by atoms with E-state index in [1.165, 1.54) is 4.88 Å². The summed E-state index contributed by atoms with van der Waals surface area (Å²) in [6.07, 6.45) is 1.77. The summed E-state index contributed by atoms with van der Waals surface area (Å²) in [5.41, 5.74) is 1.99. The third-order valence-corrected chi connectivity index (χ3v) is 5.09. The number of hydrogen-bond donors (Lipinski definition) is 0. The van der Waals surface area contributed by atoms with E-state index in [0.717, 1.165) is 22.8 Å². The molecule has 0 radical (unpaired) electrons. The zero-order chi connectivity index (χ0) is 15.9. The van der Waals surface area contributed by atoms with Crippen LogP contribution in [0.3, 0.4) is 0 Å². The third-order valence-electron chi connectivity index (χ3n) is 3.28. The van der Waals surface area contributed by atoms with E-state index in [1.54, 1.807) is 29.2 Å². The zero-order valence-electron chi connectivity index (χ0n) is 12.9. The number of hydrogen-bond acceptors (Lipinski definition) is 5. The standard InChI is InChI=1S/C16H20N2O2S2/c1-4-7-18(9-14-6-5-8-22-14)16(19)11-21-10-15-12(2)17-20-13(15)3/h4-6,8H,1,7,9-11H2,2-3H3. The molecule has 0 saturated carbocycles. The van der Waals surface area contributed by atoms with E-state index in [-0.39, 0.29) is 5.91 Å². The third kappa shape index (κ3) is 4.48. The van der Waals surface area contributed by atoms with Gasteiger partial charge in [-0.15, -0.1) is 29.7 Å². The lowest BCUT2D eigenvalue weighted by Gasteiger charge is -2.20. The minimum Gasteiger partial charge on any atom is -0.361 e. The molecule has 2 aromatic rings. The van der Waals surface area contributed by atoms with Gasteiger partial charge in [-0.25, -0.2) is 0 Å². The summed E-state index contributed by atoms with van der Waals surface area (Å²) in [6, 6.07) is 4.05. The van der Waals surface area contributed by atoms with Crippen LogP contribution in [-0.2, 0) is 17.1 Å². The highest BCUT2D eigenvalue weighted by Crippen LogP contribution is 2.20. The lowest BCUT2D eigenvalue weighted by Crippen LogP contribution is -2.31. The van der Waals surface area contributed by atoms with Gasteiger partial charge in [0.15, 0.2) is 0 Å². The predicted octanol–water partition coefficient (Wildman–Crippen LogP) is 3.80. The van der Waals surface area contributed by atoms with Crippen molar-refractivity contribution in [1.29, 1.82) is 0 Å². The molecule has 1 amide bonds. The number of carbonyl (C=O) groups is 1. The maximum Gasteiger partial charge on any atom is 0.233 e. The molecule has 0 aliphatic rings. The molecule has 0 aliphatic heterocycles. The maximum absolute atomic E-state index is 12.4. The number of rotatable bonds is 8. The molecular formula is C16H20N2O2S2. The summed E-state index contributed by atoms with van der Waals surface area (Å²) in [7, 11) is 0. The van der Waals surface area contributed by atoms with Crippen LogP contribution < -0.4 is 0 Å². The smallest absolute Gasteiger partial charge is 0.233 e. The van der Waals surface area contributed by atoms with Crippen LogP contribution in [0, 0.1) is 13.8 Å². The quantitative estimate of drug-likeness (QED) is 0.688. The van der Waals surface area contributed by atoms with E-state index in [2.05, 4.69) is 11.7 Å². The fraction of sp³-hybridized carbons (Fsp3) is 0.375. The maximum atomic E-state index is 12.4. The van der Waals surface area contributed by atoms with Gasteiger partial charge in [-0.2, -0.15) is 0 Å². The number of amides is 1. The van der Waals surface area contributed by atoms with Crippen LogP contribution in [0.5, 0.6) is 0 Å². The van der Waals surface area contributed by atoms with Crippen molar-refractivity contribution in [3.05, 3.63) is 52.1 Å². The summed E-state index contributed by atoms with van der Waals surface area (Å²) in [5, 5.41) is 5.96. The molecule has 2 rings (SSSR count). The highest BCUT2D eigenvalue weighted by Gasteiger charge is 2.15. The first-order valence-corrected chi connectivity index (χ1v) is 9.05. The summed E-state index contributed by atoms with van der Waals surface area (Å²) < 4.78 is 5.14. The Balaban J connectivity index is 1.87. The summed E-state index contributed by atoms with van der Waals surface area (Å²) >= 11 is 3.26. The molecule has 118 valence electrons. The van der Waals surface area contributed by atoms with Crippen molar-refractivity contribution >= 4 is 29.0 Å². The number of thioether (sulfide) groups is 1. The van der Waals surface area contributed by atoms with Crippen LogP contribution in [0.4, 0.5) is 0 Å². The highest BCUT2D eigenvalue weighted by atomic mass is 32.2. The second-order valence-corrected chi connectivity index (χ2v) is 6.96. The molecular weight excluding hydrogens is 316 g/mol. The van der Waals surface area contributed by atoms with Gasteiger partial charge in [0.2, 0.25) is 5.91 Å². The fourth-order valence-electron chi connectivity index (χ4n) is 2.04. The SMILES string of the molecule is C=CCN(Cc1cccs1)C(=O)CSCc1c(C)noc1C. The van der Waals surface area contributed by atoms with Crippen LogP contribution >= 0.6 is 23.1 Å². The van der Waals surface area contributed by atoms with E-state index >= 15 is 0 Å². The molecule has 0 unspecified atom stereocenters. The van der Waals surface area contributed by atoms with Crippen molar-refractivity contribution in [1.82, 2.24) is 10.1 Å². The molecule has 6 heteroatoms. The zero-order valence-corrected chi connectivity index (χ0v) is 14.5. The van der Waals surface area contributed by atoms with Crippen molar-refractivity contribution in [3.8, 4) is 0 Å². The topological polar surface area (TPSA) is 46.3 Å². The van der Waals surface area contributed by atoms with Crippen LogP contribution in [0.15, 0.2) is 34.7 Å². The van der Waals surface area contributed by atoms with E-state index in [1.807, 2.05) is 36.3 Å². The molecule has 0 N–H and O–H groups in total. The molecule has 4 nitrogen and oxygen atoms in total. The van der Waals surface area contributed by atoms with Crippen molar-refractivity contribution in [2.45, 2.75) is 26.1 Å². The molecule has 0 bridgehead atoms. The summed E-state index contributed by atoms with van der Waals surface area (Å²) in [4.78, 5) is 15.4. The first kappa shape index (κ1) is 16.8. The lowest BCUT2D eigenvalue weighted by atomic mass is 10.2. The van der Waals surface area contributed by atoms with Crippen molar-refractivity contribution in [2.24, 2.45) is 0 Å². The van der Waals surface area contributed by atoms with Crippen LogP contribution in [0.2, 0.25) is 0 Å².